The zero-order chi connectivity index (χ0) is 23.1. The summed E-state index contributed by atoms with van der Waals surface area (Å²) < 4.78 is 12.4. The quantitative estimate of drug-likeness (QED) is 0.447. The van der Waals surface area contributed by atoms with Crippen molar-refractivity contribution in [3.8, 4) is 11.4 Å². The van der Waals surface area contributed by atoms with Crippen molar-refractivity contribution >= 4 is 38.4 Å². The van der Waals surface area contributed by atoms with Crippen LogP contribution in [-0.4, -0.2) is 76.9 Å². The highest BCUT2D eigenvalue weighted by atomic mass is 32.1. The molecule has 2 atom stereocenters. The van der Waals surface area contributed by atoms with Crippen molar-refractivity contribution in [2.75, 3.05) is 44.9 Å². The van der Waals surface area contributed by atoms with E-state index in [0.717, 1.165) is 64.7 Å². The van der Waals surface area contributed by atoms with Crippen LogP contribution in [0.5, 0.6) is 0 Å². The number of methoxy groups -OCH3 is 1. The second-order valence-corrected chi connectivity index (χ2v) is 10.1. The summed E-state index contributed by atoms with van der Waals surface area (Å²) in [5.74, 6) is 1.77. The summed E-state index contributed by atoms with van der Waals surface area (Å²) in [6.07, 6.45) is 6.15. The van der Waals surface area contributed by atoms with E-state index in [1.54, 1.807) is 18.4 Å². The van der Waals surface area contributed by atoms with Crippen LogP contribution in [0.1, 0.15) is 25.3 Å². The summed E-state index contributed by atoms with van der Waals surface area (Å²) in [4.78, 5) is 22.9. The van der Waals surface area contributed by atoms with Gasteiger partial charge in [-0.3, -0.25) is 4.90 Å². The molecule has 2 aliphatic heterocycles. The van der Waals surface area contributed by atoms with Gasteiger partial charge < -0.3 is 19.4 Å². The molecular weight excluding hydrogens is 448 g/mol. The van der Waals surface area contributed by atoms with Gasteiger partial charge in [0, 0.05) is 55.1 Å². The van der Waals surface area contributed by atoms with E-state index in [9.17, 15) is 0 Å². The van der Waals surface area contributed by atoms with Crippen molar-refractivity contribution in [2.24, 2.45) is 0 Å². The van der Waals surface area contributed by atoms with Gasteiger partial charge in [0.25, 0.3) is 0 Å². The molecule has 34 heavy (non-hydrogen) atoms. The maximum atomic E-state index is 5.72. The highest BCUT2D eigenvalue weighted by Gasteiger charge is 2.28. The van der Waals surface area contributed by atoms with E-state index in [1.807, 2.05) is 18.5 Å². The summed E-state index contributed by atoms with van der Waals surface area (Å²) in [5.41, 5.74) is 4.19. The average molecular weight is 479 g/mol. The van der Waals surface area contributed by atoms with Crippen molar-refractivity contribution in [3.05, 3.63) is 35.5 Å². The predicted molar refractivity (Wildman–Crippen MR) is 135 cm³/mol. The number of H-pyrrole nitrogens is 1. The number of nitrogens with one attached hydrogen (secondary N) is 1. The highest BCUT2D eigenvalue weighted by Crippen LogP contribution is 2.37. The Morgan fingerprint density at radius 2 is 2.21 bits per heavy atom. The third-order valence-corrected chi connectivity index (χ3v) is 8.06. The maximum absolute atomic E-state index is 5.72. The summed E-state index contributed by atoms with van der Waals surface area (Å²) in [5, 5.41) is 3.32. The average Bonchev–Trinajstić information content (AvgIpc) is 3.60. The number of aromatic nitrogens is 4. The molecule has 0 amide bonds. The van der Waals surface area contributed by atoms with Gasteiger partial charge in [-0.15, -0.1) is 11.3 Å². The largest absolute Gasteiger partial charge is 0.383 e. The van der Waals surface area contributed by atoms with E-state index < -0.39 is 0 Å². The molecule has 2 fully saturated rings. The lowest BCUT2D eigenvalue weighted by molar-refractivity contribution is 0.0987. The highest BCUT2D eigenvalue weighted by molar-refractivity contribution is 7.18. The molecule has 0 aromatic carbocycles. The van der Waals surface area contributed by atoms with Gasteiger partial charge in [0.05, 0.1) is 36.1 Å². The second kappa shape index (κ2) is 9.22. The van der Waals surface area contributed by atoms with Crippen LogP contribution in [0, 0.1) is 0 Å². The zero-order valence-corrected chi connectivity index (χ0v) is 20.5. The summed E-state index contributed by atoms with van der Waals surface area (Å²) >= 11 is 1.76. The van der Waals surface area contributed by atoms with Crippen LogP contribution in [0.15, 0.2) is 29.9 Å². The summed E-state index contributed by atoms with van der Waals surface area (Å²) in [7, 11) is 1.79. The van der Waals surface area contributed by atoms with Crippen LogP contribution < -0.4 is 4.90 Å². The first-order valence-electron chi connectivity index (χ1n) is 12.0. The molecule has 6 heterocycles. The number of pyridine rings is 1. The van der Waals surface area contributed by atoms with Crippen LogP contribution in [0.4, 0.5) is 5.82 Å². The molecule has 8 nitrogen and oxygen atoms in total. The molecule has 1 N–H and O–H groups in total. The number of thiophene rings is 1. The van der Waals surface area contributed by atoms with Gasteiger partial charge in [-0.05, 0) is 43.8 Å². The monoisotopic (exact) mass is 478 g/mol. The van der Waals surface area contributed by atoms with Crippen LogP contribution >= 0.6 is 11.3 Å². The molecule has 0 aliphatic carbocycles. The molecule has 0 spiro atoms. The first kappa shape index (κ1) is 21.9. The number of hydrogen-bond donors (Lipinski definition) is 1. The Morgan fingerprint density at radius 1 is 1.26 bits per heavy atom. The number of hydrogen-bond acceptors (Lipinski definition) is 8. The Labute approximate surface area is 202 Å². The smallest absolute Gasteiger partial charge is 0.163 e. The molecule has 0 bridgehead atoms. The standard InChI is InChI=1S/C25H30N6O2S/c1-16-13-33-11-10-31(16)25-22-21(17(15-34-22)12-30-9-3-4-18(30)14-32-2)28-24(29-25)20-6-8-27-23-19(20)5-7-26-23/h5-8,15-16,18H,3-4,9-14H2,1-2H3,(H,26,27)/t16-,18+/m1/s1. The van der Waals surface area contributed by atoms with Crippen molar-refractivity contribution in [2.45, 2.75) is 38.4 Å². The van der Waals surface area contributed by atoms with Crippen molar-refractivity contribution < 1.29 is 9.47 Å². The summed E-state index contributed by atoms with van der Waals surface area (Å²) in [6.45, 7) is 7.23. The van der Waals surface area contributed by atoms with Gasteiger partial charge in [-0.25, -0.2) is 15.0 Å². The number of ether oxygens (including phenoxy) is 2. The normalized spacial score (nSPS) is 21.8. The third kappa shape index (κ3) is 3.86. The molecule has 2 aliphatic rings. The van der Waals surface area contributed by atoms with Crippen molar-refractivity contribution in [3.63, 3.8) is 0 Å². The number of likely N-dealkylation sites (tertiary alicyclic amines) is 1. The van der Waals surface area contributed by atoms with Crippen LogP contribution in [0.25, 0.3) is 32.6 Å². The van der Waals surface area contributed by atoms with E-state index >= 15 is 0 Å². The van der Waals surface area contributed by atoms with Gasteiger partial charge in [0.15, 0.2) is 11.6 Å². The van der Waals surface area contributed by atoms with Crippen LogP contribution in [0.2, 0.25) is 0 Å². The van der Waals surface area contributed by atoms with Gasteiger partial charge in [-0.2, -0.15) is 0 Å². The molecule has 4 aromatic heterocycles. The topological polar surface area (TPSA) is 79.4 Å². The first-order valence-corrected chi connectivity index (χ1v) is 12.9. The van der Waals surface area contributed by atoms with E-state index in [2.05, 4.69) is 38.1 Å². The fraction of sp³-hybridized carbons (Fsp3) is 0.480. The lowest BCUT2D eigenvalue weighted by Crippen LogP contribution is -2.44. The lowest BCUT2D eigenvalue weighted by Gasteiger charge is -2.34. The van der Waals surface area contributed by atoms with E-state index in [0.29, 0.717) is 19.3 Å². The van der Waals surface area contributed by atoms with Crippen molar-refractivity contribution in [1.29, 1.82) is 0 Å². The van der Waals surface area contributed by atoms with E-state index in [4.69, 9.17) is 19.4 Å². The van der Waals surface area contributed by atoms with Crippen LogP contribution in [-0.2, 0) is 16.0 Å². The molecule has 0 radical (unpaired) electrons. The van der Waals surface area contributed by atoms with E-state index in [-0.39, 0.29) is 6.04 Å². The van der Waals surface area contributed by atoms with Crippen LogP contribution in [0.3, 0.4) is 0 Å². The molecule has 0 saturated carbocycles. The summed E-state index contributed by atoms with van der Waals surface area (Å²) in [6, 6.07) is 4.81. The SMILES string of the molecule is COC[C@@H]1CCCN1Cc1csc2c(N3CCOC[C@H]3C)nc(-c3ccnc4[nH]ccc34)nc12. The molecular formula is C25H30N6O2S. The zero-order valence-electron chi connectivity index (χ0n) is 19.7. The molecule has 178 valence electrons. The molecule has 9 heteroatoms. The Bertz CT molecular complexity index is 1300. The molecule has 0 unspecified atom stereocenters. The number of rotatable bonds is 6. The number of nitrogens with zero attached hydrogens (tertiary/aromatic N) is 5. The lowest BCUT2D eigenvalue weighted by atomic mass is 10.1. The maximum Gasteiger partial charge on any atom is 0.163 e. The fourth-order valence-electron chi connectivity index (χ4n) is 5.28. The Kier molecular flexibility index (Phi) is 5.94. The van der Waals surface area contributed by atoms with Crippen molar-refractivity contribution in [1.82, 2.24) is 24.8 Å². The molecule has 4 aromatic rings. The second-order valence-electron chi connectivity index (χ2n) is 9.25. The Morgan fingerprint density at radius 3 is 3.09 bits per heavy atom. The minimum atomic E-state index is 0.264. The Balaban J connectivity index is 1.48. The third-order valence-electron chi connectivity index (χ3n) is 7.04. The first-order chi connectivity index (χ1) is 16.7. The molecule has 6 rings (SSSR count). The molecule has 2 saturated heterocycles. The van der Waals surface area contributed by atoms with Gasteiger partial charge in [0.2, 0.25) is 0 Å². The number of aromatic amines is 1. The minimum Gasteiger partial charge on any atom is -0.383 e. The fourth-order valence-corrected chi connectivity index (χ4v) is 6.28. The van der Waals surface area contributed by atoms with Gasteiger partial charge in [-0.1, -0.05) is 0 Å². The Hall–Kier alpha value is -2.59. The number of anilines is 1. The van der Waals surface area contributed by atoms with Gasteiger partial charge in [0.1, 0.15) is 5.65 Å². The minimum absolute atomic E-state index is 0.264. The van der Waals surface area contributed by atoms with Gasteiger partial charge >= 0.3 is 0 Å². The number of fused-ring (bicyclic) bond motifs is 2. The van der Waals surface area contributed by atoms with E-state index in [1.165, 1.54) is 18.4 Å². The number of morpholine rings is 1. The predicted octanol–water partition coefficient (Wildman–Crippen LogP) is 4.07.